The molecular formula is C24H32N4O2S. The van der Waals surface area contributed by atoms with Crippen LogP contribution in [0.15, 0.2) is 30.3 Å². The van der Waals surface area contributed by atoms with Crippen LogP contribution in [-0.4, -0.2) is 53.9 Å². The number of benzene rings is 1. The van der Waals surface area contributed by atoms with Crippen molar-refractivity contribution in [1.29, 1.82) is 0 Å². The molecule has 2 aromatic heterocycles. The fourth-order valence-electron chi connectivity index (χ4n) is 4.70. The zero-order valence-electron chi connectivity index (χ0n) is 18.9. The molecule has 1 aromatic carbocycles. The van der Waals surface area contributed by atoms with E-state index < -0.39 is 0 Å². The standard InChI is InChI=1S/C24H32N4O2S/c1-16-11-17(2)15-28(14-16)10-6-9-25-23(29)21-13-20-22(26-27(3)24(20)31-21)18-7-5-8-19(12-18)30-4/h5,7-8,12-13,16-17H,6,9-11,14-15H2,1-4H3,(H,25,29)/t16-,17-/m0/s1. The third-order valence-electron chi connectivity index (χ3n) is 5.96. The number of carbonyl (C=O) groups excluding carboxylic acids is 1. The van der Waals surface area contributed by atoms with Crippen molar-refractivity contribution in [3.63, 3.8) is 0 Å². The first-order valence-electron chi connectivity index (χ1n) is 11.1. The molecule has 0 spiro atoms. The maximum Gasteiger partial charge on any atom is 0.261 e. The second-order valence-electron chi connectivity index (χ2n) is 8.85. The van der Waals surface area contributed by atoms with Gasteiger partial charge in [0, 0.05) is 37.6 Å². The van der Waals surface area contributed by atoms with E-state index in [1.54, 1.807) is 7.11 Å². The molecule has 31 heavy (non-hydrogen) atoms. The summed E-state index contributed by atoms with van der Waals surface area (Å²) in [5.74, 6) is 2.33. The van der Waals surface area contributed by atoms with Crippen LogP contribution in [0.25, 0.3) is 21.5 Å². The fraction of sp³-hybridized carbons (Fsp3) is 0.500. The van der Waals surface area contributed by atoms with Crippen LogP contribution in [0.3, 0.4) is 0 Å². The summed E-state index contributed by atoms with van der Waals surface area (Å²) in [5.41, 5.74) is 1.86. The lowest BCUT2D eigenvalue weighted by Crippen LogP contribution is -2.40. The van der Waals surface area contributed by atoms with Gasteiger partial charge in [0.2, 0.25) is 0 Å². The van der Waals surface area contributed by atoms with Gasteiger partial charge in [-0.3, -0.25) is 9.48 Å². The summed E-state index contributed by atoms with van der Waals surface area (Å²) < 4.78 is 7.20. The number of thiophene rings is 1. The highest BCUT2D eigenvalue weighted by Gasteiger charge is 2.21. The van der Waals surface area contributed by atoms with Crippen LogP contribution in [0.4, 0.5) is 0 Å². The summed E-state index contributed by atoms with van der Waals surface area (Å²) in [7, 11) is 3.58. The van der Waals surface area contributed by atoms with E-state index in [9.17, 15) is 4.79 Å². The van der Waals surface area contributed by atoms with Crippen LogP contribution in [0.5, 0.6) is 5.75 Å². The minimum atomic E-state index is -0.00169. The minimum absolute atomic E-state index is 0.00169. The van der Waals surface area contributed by atoms with Crippen LogP contribution < -0.4 is 10.1 Å². The number of nitrogens with one attached hydrogen (secondary N) is 1. The van der Waals surface area contributed by atoms with Crippen molar-refractivity contribution in [1.82, 2.24) is 20.0 Å². The van der Waals surface area contributed by atoms with Gasteiger partial charge >= 0.3 is 0 Å². The molecule has 3 aromatic rings. The molecule has 7 heteroatoms. The van der Waals surface area contributed by atoms with Gasteiger partial charge in [0.15, 0.2) is 0 Å². The smallest absolute Gasteiger partial charge is 0.261 e. The largest absolute Gasteiger partial charge is 0.497 e. The van der Waals surface area contributed by atoms with E-state index in [2.05, 4.69) is 29.2 Å². The van der Waals surface area contributed by atoms with E-state index >= 15 is 0 Å². The predicted octanol–water partition coefficient (Wildman–Crippen LogP) is 4.41. The van der Waals surface area contributed by atoms with Crippen molar-refractivity contribution in [3.8, 4) is 17.0 Å². The molecular weight excluding hydrogens is 408 g/mol. The van der Waals surface area contributed by atoms with Gasteiger partial charge in [0.1, 0.15) is 16.3 Å². The lowest BCUT2D eigenvalue weighted by molar-refractivity contribution is 0.0951. The molecule has 3 heterocycles. The Morgan fingerprint density at radius 1 is 1.26 bits per heavy atom. The fourth-order valence-corrected chi connectivity index (χ4v) is 5.69. The lowest BCUT2D eigenvalue weighted by atomic mass is 9.92. The number of nitrogens with zero attached hydrogens (tertiary/aromatic N) is 3. The Kier molecular flexibility index (Phi) is 6.62. The first-order chi connectivity index (χ1) is 14.9. The van der Waals surface area contributed by atoms with E-state index in [1.165, 1.54) is 30.8 Å². The van der Waals surface area contributed by atoms with Crippen LogP contribution in [0.1, 0.15) is 36.4 Å². The molecule has 2 atom stereocenters. The second-order valence-corrected chi connectivity index (χ2v) is 9.88. The van der Waals surface area contributed by atoms with Gasteiger partial charge in [-0.1, -0.05) is 26.0 Å². The first-order valence-corrected chi connectivity index (χ1v) is 11.9. The zero-order valence-corrected chi connectivity index (χ0v) is 19.7. The summed E-state index contributed by atoms with van der Waals surface area (Å²) in [6.07, 6.45) is 2.30. The number of hydrogen-bond donors (Lipinski definition) is 1. The Morgan fingerprint density at radius 2 is 2.03 bits per heavy atom. The SMILES string of the molecule is COc1cccc(-c2nn(C)c3sc(C(=O)NCCCN4C[C@@H](C)C[C@H](C)C4)cc23)c1. The molecule has 1 aliphatic rings. The number of piperidine rings is 1. The zero-order chi connectivity index (χ0) is 22.0. The highest BCUT2D eigenvalue weighted by atomic mass is 32.1. The van der Waals surface area contributed by atoms with Gasteiger partial charge in [-0.2, -0.15) is 5.10 Å². The Bertz CT molecular complexity index is 1050. The van der Waals surface area contributed by atoms with Gasteiger partial charge in [-0.25, -0.2) is 0 Å². The lowest BCUT2D eigenvalue weighted by Gasteiger charge is -2.34. The maximum absolute atomic E-state index is 12.8. The number of ether oxygens (including phenoxy) is 1. The molecule has 4 rings (SSSR count). The van der Waals surface area contributed by atoms with Crippen molar-refractivity contribution in [3.05, 3.63) is 35.2 Å². The van der Waals surface area contributed by atoms with Crippen molar-refractivity contribution in [2.45, 2.75) is 26.7 Å². The molecule has 166 valence electrons. The quantitative estimate of drug-likeness (QED) is 0.553. The van der Waals surface area contributed by atoms with Crippen LogP contribution in [0, 0.1) is 11.8 Å². The monoisotopic (exact) mass is 440 g/mol. The minimum Gasteiger partial charge on any atom is -0.497 e. The first kappa shape index (κ1) is 21.8. The Morgan fingerprint density at radius 3 is 2.77 bits per heavy atom. The van der Waals surface area contributed by atoms with Crippen molar-refractivity contribution < 1.29 is 9.53 Å². The third kappa shape index (κ3) is 4.93. The number of aromatic nitrogens is 2. The Balaban J connectivity index is 1.40. The number of rotatable bonds is 7. The molecule has 1 fully saturated rings. The topological polar surface area (TPSA) is 59.4 Å². The predicted molar refractivity (Wildman–Crippen MR) is 127 cm³/mol. The van der Waals surface area contributed by atoms with E-state index in [-0.39, 0.29) is 5.91 Å². The van der Waals surface area contributed by atoms with Crippen molar-refractivity contribution >= 4 is 27.5 Å². The molecule has 6 nitrogen and oxygen atoms in total. The number of fused-ring (bicyclic) bond motifs is 1. The summed E-state index contributed by atoms with van der Waals surface area (Å²) in [6.45, 7) is 8.77. The number of aryl methyl sites for hydroxylation is 1. The van der Waals surface area contributed by atoms with E-state index in [0.717, 1.165) is 56.9 Å². The van der Waals surface area contributed by atoms with E-state index in [4.69, 9.17) is 4.74 Å². The van der Waals surface area contributed by atoms with Crippen molar-refractivity contribution in [2.75, 3.05) is 33.3 Å². The van der Waals surface area contributed by atoms with Gasteiger partial charge in [0.05, 0.1) is 12.0 Å². The maximum atomic E-state index is 12.8. The van der Waals surface area contributed by atoms with Crippen LogP contribution >= 0.6 is 11.3 Å². The van der Waals surface area contributed by atoms with Crippen LogP contribution in [-0.2, 0) is 7.05 Å². The molecule has 0 bridgehead atoms. The van der Waals surface area contributed by atoms with E-state index in [1.807, 2.05) is 42.1 Å². The number of hydrogen-bond acceptors (Lipinski definition) is 5. The highest BCUT2D eigenvalue weighted by molar-refractivity contribution is 7.20. The number of likely N-dealkylation sites (tertiary alicyclic amines) is 1. The number of amides is 1. The van der Waals surface area contributed by atoms with E-state index in [0.29, 0.717) is 6.54 Å². The number of carbonyl (C=O) groups is 1. The summed E-state index contributed by atoms with van der Waals surface area (Å²) >= 11 is 1.49. The third-order valence-corrected chi connectivity index (χ3v) is 7.16. The molecule has 1 N–H and O–H groups in total. The normalized spacial score (nSPS) is 19.6. The molecule has 0 radical (unpaired) electrons. The average Bonchev–Trinajstić information content (AvgIpc) is 3.31. The molecule has 0 unspecified atom stereocenters. The van der Waals surface area contributed by atoms with Gasteiger partial charge in [0.25, 0.3) is 5.91 Å². The molecule has 1 aliphatic heterocycles. The Labute approximate surface area is 188 Å². The van der Waals surface area contributed by atoms with Crippen LogP contribution in [0.2, 0.25) is 0 Å². The molecule has 1 saturated heterocycles. The van der Waals surface area contributed by atoms with Crippen molar-refractivity contribution in [2.24, 2.45) is 18.9 Å². The molecule has 0 aliphatic carbocycles. The van der Waals surface area contributed by atoms with Gasteiger partial charge in [-0.15, -0.1) is 11.3 Å². The second kappa shape index (κ2) is 9.40. The molecule has 0 saturated carbocycles. The molecule has 1 amide bonds. The number of methoxy groups -OCH3 is 1. The van der Waals surface area contributed by atoms with Gasteiger partial charge in [-0.05, 0) is 49.4 Å². The summed E-state index contributed by atoms with van der Waals surface area (Å²) in [4.78, 5) is 17.0. The summed E-state index contributed by atoms with van der Waals surface area (Å²) in [5, 5.41) is 8.78. The average molecular weight is 441 g/mol. The summed E-state index contributed by atoms with van der Waals surface area (Å²) in [6, 6.07) is 9.83. The Hall–Kier alpha value is -2.38. The highest BCUT2D eigenvalue weighted by Crippen LogP contribution is 2.34. The van der Waals surface area contributed by atoms with Gasteiger partial charge < -0.3 is 15.0 Å².